The van der Waals surface area contributed by atoms with Gasteiger partial charge in [-0.1, -0.05) is 12.1 Å². The summed E-state index contributed by atoms with van der Waals surface area (Å²) in [6.45, 7) is 1.61. The van der Waals surface area contributed by atoms with Crippen molar-refractivity contribution < 1.29 is 9.53 Å². The number of amides is 1. The van der Waals surface area contributed by atoms with Crippen molar-refractivity contribution in [2.75, 3.05) is 13.2 Å². The Labute approximate surface area is 134 Å². The van der Waals surface area contributed by atoms with E-state index in [1.165, 1.54) is 6.07 Å². The number of carbonyl (C=O) groups is 1. The summed E-state index contributed by atoms with van der Waals surface area (Å²) in [5, 5.41) is 0. The summed E-state index contributed by atoms with van der Waals surface area (Å²) < 4.78 is 5.64. The minimum absolute atomic E-state index is 0.0399. The number of pyridine rings is 2. The van der Waals surface area contributed by atoms with Gasteiger partial charge in [0.1, 0.15) is 5.69 Å². The second-order valence-electron chi connectivity index (χ2n) is 5.57. The van der Waals surface area contributed by atoms with Crippen LogP contribution in [0.1, 0.15) is 29.0 Å². The van der Waals surface area contributed by atoms with Crippen molar-refractivity contribution in [1.29, 1.82) is 0 Å². The first kappa shape index (κ1) is 15.4. The van der Waals surface area contributed by atoms with Crippen LogP contribution in [0.15, 0.2) is 47.4 Å². The summed E-state index contributed by atoms with van der Waals surface area (Å²) in [5.74, 6) is -0.219. The molecule has 1 saturated heterocycles. The molecule has 0 radical (unpaired) electrons. The highest BCUT2D eigenvalue weighted by Crippen LogP contribution is 2.16. The number of ether oxygens (including phenoxy) is 1. The van der Waals surface area contributed by atoms with Crippen LogP contribution in [0.2, 0.25) is 0 Å². The Bertz CT molecular complexity index is 708. The summed E-state index contributed by atoms with van der Waals surface area (Å²) in [4.78, 5) is 32.8. The molecule has 1 fully saturated rings. The third-order valence-electron chi connectivity index (χ3n) is 3.81. The topological polar surface area (TPSA) is 75.3 Å². The van der Waals surface area contributed by atoms with Crippen molar-refractivity contribution in [2.45, 2.75) is 25.5 Å². The fraction of sp³-hybridized carbons (Fsp3) is 0.353. The van der Waals surface area contributed by atoms with Crippen molar-refractivity contribution in [3.05, 3.63) is 64.3 Å². The van der Waals surface area contributed by atoms with Gasteiger partial charge in [0.05, 0.1) is 18.3 Å². The zero-order valence-corrected chi connectivity index (χ0v) is 12.8. The van der Waals surface area contributed by atoms with Crippen LogP contribution in [0.4, 0.5) is 0 Å². The molecule has 1 amide bonds. The van der Waals surface area contributed by atoms with Gasteiger partial charge >= 0.3 is 0 Å². The van der Waals surface area contributed by atoms with E-state index in [9.17, 15) is 9.59 Å². The van der Waals surface area contributed by atoms with E-state index in [1.54, 1.807) is 23.2 Å². The highest BCUT2D eigenvalue weighted by atomic mass is 16.5. The first-order valence-electron chi connectivity index (χ1n) is 7.72. The minimum Gasteiger partial charge on any atom is -0.376 e. The molecular weight excluding hydrogens is 294 g/mol. The maximum Gasteiger partial charge on any atom is 0.270 e. The van der Waals surface area contributed by atoms with Gasteiger partial charge in [-0.2, -0.15) is 0 Å². The summed E-state index contributed by atoms with van der Waals surface area (Å²) in [6, 6.07) is 10.2. The number of hydrogen-bond acceptors (Lipinski definition) is 4. The molecule has 1 aliphatic heterocycles. The molecule has 3 rings (SSSR count). The van der Waals surface area contributed by atoms with Gasteiger partial charge in [0, 0.05) is 25.4 Å². The Hall–Kier alpha value is -2.47. The van der Waals surface area contributed by atoms with Crippen LogP contribution < -0.4 is 5.56 Å². The normalized spacial score (nSPS) is 17.1. The lowest BCUT2D eigenvalue weighted by Crippen LogP contribution is -2.38. The summed E-state index contributed by atoms with van der Waals surface area (Å²) >= 11 is 0. The average Bonchev–Trinajstić information content (AvgIpc) is 3.08. The molecule has 2 aromatic rings. The molecule has 0 aliphatic carbocycles. The highest BCUT2D eigenvalue weighted by Gasteiger charge is 2.24. The maximum atomic E-state index is 12.8. The van der Waals surface area contributed by atoms with Gasteiger partial charge < -0.3 is 14.6 Å². The fourth-order valence-corrected chi connectivity index (χ4v) is 2.68. The molecule has 6 nitrogen and oxygen atoms in total. The van der Waals surface area contributed by atoms with Crippen LogP contribution >= 0.6 is 0 Å². The molecule has 0 unspecified atom stereocenters. The van der Waals surface area contributed by atoms with Crippen LogP contribution in [0, 0.1) is 0 Å². The molecule has 0 aromatic carbocycles. The predicted octanol–water partition coefficient (Wildman–Crippen LogP) is 1.59. The Morgan fingerprint density at radius 2 is 2.22 bits per heavy atom. The van der Waals surface area contributed by atoms with Crippen molar-refractivity contribution in [3.8, 4) is 0 Å². The highest BCUT2D eigenvalue weighted by molar-refractivity contribution is 5.92. The summed E-state index contributed by atoms with van der Waals surface area (Å²) in [7, 11) is 0. The number of carbonyl (C=O) groups excluding carboxylic acids is 1. The number of nitrogens with one attached hydrogen (secondary N) is 1. The Morgan fingerprint density at radius 1 is 1.30 bits per heavy atom. The van der Waals surface area contributed by atoms with E-state index < -0.39 is 0 Å². The van der Waals surface area contributed by atoms with Gasteiger partial charge in [-0.3, -0.25) is 14.6 Å². The van der Waals surface area contributed by atoms with E-state index in [2.05, 4.69) is 9.97 Å². The average molecular weight is 313 g/mol. The SMILES string of the molecule is O=C(c1cccc(=O)[nH]1)N(Cc1ccccn1)C[C@H]1CCCO1. The van der Waals surface area contributed by atoms with E-state index >= 15 is 0 Å². The van der Waals surface area contributed by atoms with Gasteiger partial charge in [-0.25, -0.2) is 0 Å². The zero-order valence-electron chi connectivity index (χ0n) is 12.8. The van der Waals surface area contributed by atoms with Crippen molar-refractivity contribution in [1.82, 2.24) is 14.9 Å². The van der Waals surface area contributed by atoms with Crippen molar-refractivity contribution >= 4 is 5.91 Å². The number of aromatic nitrogens is 2. The van der Waals surface area contributed by atoms with Gasteiger partial charge in [0.2, 0.25) is 5.56 Å². The second-order valence-corrected chi connectivity index (χ2v) is 5.57. The van der Waals surface area contributed by atoms with Gasteiger partial charge in [0.25, 0.3) is 5.91 Å². The Kier molecular flexibility index (Phi) is 4.83. The Morgan fingerprint density at radius 3 is 2.91 bits per heavy atom. The van der Waals surface area contributed by atoms with E-state index in [1.807, 2.05) is 18.2 Å². The smallest absolute Gasteiger partial charge is 0.270 e. The van der Waals surface area contributed by atoms with Gasteiger partial charge in [-0.05, 0) is 31.0 Å². The van der Waals surface area contributed by atoms with Gasteiger partial charge in [-0.15, -0.1) is 0 Å². The monoisotopic (exact) mass is 313 g/mol. The molecule has 0 saturated carbocycles. The molecule has 0 bridgehead atoms. The largest absolute Gasteiger partial charge is 0.376 e. The van der Waals surface area contributed by atoms with Crippen molar-refractivity contribution in [2.24, 2.45) is 0 Å². The molecule has 1 aliphatic rings. The Balaban J connectivity index is 1.81. The lowest BCUT2D eigenvalue weighted by atomic mass is 10.2. The number of hydrogen-bond donors (Lipinski definition) is 1. The van der Waals surface area contributed by atoms with E-state index in [4.69, 9.17) is 4.74 Å². The summed E-state index contributed by atoms with van der Waals surface area (Å²) in [5.41, 5.74) is 0.800. The molecule has 3 heterocycles. The van der Waals surface area contributed by atoms with E-state index in [0.29, 0.717) is 13.1 Å². The lowest BCUT2D eigenvalue weighted by Gasteiger charge is -2.25. The molecule has 120 valence electrons. The third-order valence-corrected chi connectivity index (χ3v) is 3.81. The zero-order chi connectivity index (χ0) is 16.1. The van der Waals surface area contributed by atoms with Crippen LogP contribution in [0.3, 0.4) is 0 Å². The first-order chi connectivity index (χ1) is 11.2. The van der Waals surface area contributed by atoms with Crippen LogP contribution in [0.5, 0.6) is 0 Å². The molecule has 0 spiro atoms. The van der Waals surface area contributed by atoms with E-state index in [0.717, 1.165) is 25.1 Å². The van der Waals surface area contributed by atoms with E-state index in [-0.39, 0.29) is 23.3 Å². The third kappa shape index (κ3) is 4.04. The summed E-state index contributed by atoms with van der Waals surface area (Å²) in [6.07, 6.45) is 3.70. The number of rotatable bonds is 5. The molecule has 1 N–H and O–H groups in total. The van der Waals surface area contributed by atoms with Crippen LogP contribution in [-0.4, -0.2) is 40.0 Å². The second kappa shape index (κ2) is 7.19. The predicted molar refractivity (Wildman–Crippen MR) is 85.0 cm³/mol. The maximum absolute atomic E-state index is 12.8. The number of H-pyrrole nitrogens is 1. The fourth-order valence-electron chi connectivity index (χ4n) is 2.68. The minimum atomic E-state index is -0.286. The molecule has 2 aromatic heterocycles. The van der Waals surface area contributed by atoms with Crippen molar-refractivity contribution in [3.63, 3.8) is 0 Å². The molecule has 1 atom stereocenters. The first-order valence-corrected chi connectivity index (χ1v) is 7.72. The van der Waals surface area contributed by atoms with Crippen LogP contribution in [-0.2, 0) is 11.3 Å². The standard InChI is InChI=1S/C17H19N3O3/c21-16-8-3-7-15(19-16)17(22)20(12-14-6-4-10-23-14)11-13-5-1-2-9-18-13/h1-3,5,7-9,14H,4,6,10-12H2,(H,19,21)/t14-/m1/s1. The lowest BCUT2D eigenvalue weighted by molar-refractivity contribution is 0.0500. The number of aromatic amines is 1. The molecular formula is C17H19N3O3. The van der Waals surface area contributed by atoms with Gasteiger partial charge in [0.15, 0.2) is 0 Å². The van der Waals surface area contributed by atoms with Crippen LogP contribution in [0.25, 0.3) is 0 Å². The number of nitrogens with zero attached hydrogens (tertiary/aromatic N) is 2. The molecule has 23 heavy (non-hydrogen) atoms. The molecule has 6 heteroatoms. The quantitative estimate of drug-likeness (QED) is 0.909.